The molecule has 2 aromatic rings. The number of methoxy groups -OCH3 is 1. The number of amides is 1. The molecule has 1 heterocycles. The normalized spacial score (nSPS) is 18.7. The van der Waals surface area contributed by atoms with Gasteiger partial charge in [0.1, 0.15) is 17.6 Å². The number of hydrogen-bond acceptors (Lipinski definition) is 5. The van der Waals surface area contributed by atoms with E-state index in [-0.39, 0.29) is 0 Å². The highest BCUT2D eigenvalue weighted by atomic mass is 19.1. The van der Waals surface area contributed by atoms with E-state index in [9.17, 15) is 14.0 Å². The van der Waals surface area contributed by atoms with Crippen LogP contribution in [0.3, 0.4) is 0 Å². The molecule has 0 spiro atoms. The molecule has 0 bridgehead atoms. The third kappa shape index (κ3) is 4.08. The second-order valence-electron chi connectivity index (χ2n) is 6.39. The molecule has 1 fully saturated rings. The van der Waals surface area contributed by atoms with Crippen molar-refractivity contribution >= 4 is 17.7 Å². The van der Waals surface area contributed by atoms with E-state index >= 15 is 0 Å². The second kappa shape index (κ2) is 8.73. The van der Waals surface area contributed by atoms with E-state index in [4.69, 9.17) is 14.2 Å². The second-order valence-corrected chi connectivity index (χ2v) is 6.39. The molecule has 0 N–H and O–H groups in total. The number of hydrogen-bond donors (Lipinski definition) is 0. The van der Waals surface area contributed by atoms with E-state index in [0.717, 1.165) is 12.8 Å². The van der Waals surface area contributed by atoms with E-state index in [1.54, 1.807) is 24.3 Å². The van der Waals surface area contributed by atoms with Crippen LogP contribution >= 0.6 is 0 Å². The standard InChI is InChI=1S/C21H22FNO5/c1-3-4-13-27-17-11-5-14(6-12-17)18-19(20(24)26-2)28-21(25)23(18)16-9-7-15(22)8-10-16/h5-12,18-19H,3-4,13H2,1-2H3/t18-,19+/m1/s1. The Morgan fingerprint density at radius 3 is 2.43 bits per heavy atom. The largest absolute Gasteiger partial charge is 0.494 e. The maximum absolute atomic E-state index is 13.3. The number of nitrogens with zero attached hydrogens (tertiary/aromatic N) is 1. The molecule has 1 aliphatic rings. The number of unbranched alkanes of at least 4 members (excludes halogenated alkanes) is 1. The Bertz CT molecular complexity index is 822. The molecule has 1 saturated heterocycles. The fourth-order valence-electron chi connectivity index (χ4n) is 3.06. The molecule has 7 heteroatoms. The first kappa shape index (κ1) is 19.7. The van der Waals surface area contributed by atoms with Gasteiger partial charge in [-0.05, 0) is 48.4 Å². The lowest BCUT2D eigenvalue weighted by atomic mass is 10.00. The minimum atomic E-state index is -1.13. The Labute approximate surface area is 162 Å². The van der Waals surface area contributed by atoms with E-state index in [1.165, 1.54) is 36.3 Å². The van der Waals surface area contributed by atoms with Crippen molar-refractivity contribution < 1.29 is 28.2 Å². The van der Waals surface area contributed by atoms with Gasteiger partial charge in [0.2, 0.25) is 6.10 Å². The Hall–Kier alpha value is -3.09. The minimum absolute atomic E-state index is 0.422. The van der Waals surface area contributed by atoms with Gasteiger partial charge in [-0.1, -0.05) is 25.5 Å². The van der Waals surface area contributed by atoms with E-state index < -0.39 is 30.0 Å². The number of carbonyl (C=O) groups excluding carboxylic acids is 2. The van der Waals surface area contributed by atoms with Crippen LogP contribution in [0.2, 0.25) is 0 Å². The molecular weight excluding hydrogens is 365 g/mol. The van der Waals surface area contributed by atoms with Gasteiger partial charge in [0.25, 0.3) is 0 Å². The predicted octanol–water partition coefficient (Wildman–Crippen LogP) is 4.24. The molecule has 0 radical (unpaired) electrons. The van der Waals surface area contributed by atoms with Gasteiger partial charge in [0, 0.05) is 5.69 Å². The smallest absolute Gasteiger partial charge is 0.415 e. The fourth-order valence-corrected chi connectivity index (χ4v) is 3.06. The van der Waals surface area contributed by atoms with Crippen LogP contribution in [0.25, 0.3) is 0 Å². The van der Waals surface area contributed by atoms with Crippen molar-refractivity contribution in [1.82, 2.24) is 0 Å². The van der Waals surface area contributed by atoms with Crippen molar-refractivity contribution in [3.05, 3.63) is 59.9 Å². The maximum Gasteiger partial charge on any atom is 0.415 e. The van der Waals surface area contributed by atoms with Crippen molar-refractivity contribution in [3.8, 4) is 5.75 Å². The minimum Gasteiger partial charge on any atom is -0.494 e. The molecule has 0 saturated carbocycles. The zero-order chi connectivity index (χ0) is 20.1. The Balaban J connectivity index is 1.92. The quantitative estimate of drug-likeness (QED) is 0.525. The van der Waals surface area contributed by atoms with Gasteiger partial charge in [-0.2, -0.15) is 0 Å². The van der Waals surface area contributed by atoms with Gasteiger partial charge in [0.05, 0.1) is 13.7 Å². The molecule has 2 aromatic carbocycles. The van der Waals surface area contributed by atoms with Crippen LogP contribution in [0.15, 0.2) is 48.5 Å². The lowest BCUT2D eigenvalue weighted by Gasteiger charge is -2.24. The van der Waals surface area contributed by atoms with Crippen LogP contribution in [0, 0.1) is 5.82 Å². The summed E-state index contributed by atoms with van der Waals surface area (Å²) in [5, 5.41) is 0. The highest BCUT2D eigenvalue weighted by molar-refractivity contribution is 5.95. The Morgan fingerprint density at radius 1 is 1.14 bits per heavy atom. The summed E-state index contributed by atoms with van der Waals surface area (Å²) >= 11 is 0. The molecule has 3 rings (SSSR count). The maximum atomic E-state index is 13.3. The van der Waals surface area contributed by atoms with Crippen LogP contribution in [0.5, 0.6) is 5.75 Å². The number of rotatable bonds is 7. The van der Waals surface area contributed by atoms with Crippen LogP contribution < -0.4 is 9.64 Å². The summed E-state index contributed by atoms with van der Waals surface area (Å²) in [5.41, 5.74) is 1.10. The SMILES string of the molecule is CCCCOc1ccc([C@@H]2[C@@H](C(=O)OC)OC(=O)N2c2ccc(F)cc2)cc1. The van der Waals surface area contributed by atoms with Gasteiger partial charge in [0.15, 0.2) is 0 Å². The third-order valence-corrected chi connectivity index (χ3v) is 4.52. The van der Waals surface area contributed by atoms with Crippen molar-refractivity contribution in [2.75, 3.05) is 18.6 Å². The molecule has 0 aliphatic carbocycles. The van der Waals surface area contributed by atoms with E-state index in [1.807, 2.05) is 0 Å². The zero-order valence-electron chi connectivity index (χ0n) is 15.8. The summed E-state index contributed by atoms with van der Waals surface area (Å²) in [7, 11) is 1.23. The molecule has 0 aromatic heterocycles. The molecule has 148 valence electrons. The van der Waals surface area contributed by atoms with Crippen LogP contribution in [-0.4, -0.2) is 31.9 Å². The number of anilines is 1. The number of benzene rings is 2. The van der Waals surface area contributed by atoms with Gasteiger partial charge in [-0.3, -0.25) is 4.90 Å². The van der Waals surface area contributed by atoms with Gasteiger partial charge in [-0.25, -0.2) is 14.0 Å². The summed E-state index contributed by atoms with van der Waals surface area (Å²) in [4.78, 5) is 26.0. The summed E-state index contributed by atoms with van der Waals surface area (Å²) in [6, 6.07) is 11.8. The summed E-state index contributed by atoms with van der Waals surface area (Å²) < 4.78 is 29.0. The lowest BCUT2D eigenvalue weighted by Crippen LogP contribution is -2.33. The molecule has 1 aliphatic heterocycles. The number of carbonyl (C=O) groups is 2. The molecular formula is C21H22FNO5. The lowest BCUT2D eigenvalue weighted by molar-refractivity contribution is -0.149. The molecule has 2 atom stereocenters. The van der Waals surface area contributed by atoms with Gasteiger partial charge in [-0.15, -0.1) is 0 Å². The van der Waals surface area contributed by atoms with Crippen molar-refractivity contribution in [3.63, 3.8) is 0 Å². The first-order valence-corrected chi connectivity index (χ1v) is 9.11. The van der Waals surface area contributed by atoms with Crippen molar-refractivity contribution in [1.29, 1.82) is 0 Å². The third-order valence-electron chi connectivity index (χ3n) is 4.52. The Morgan fingerprint density at radius 2 is 1.82 bits per heavy atom. The van der Waals surface area contributed by atoms with Crippen molar-refractivity contribution in [2.24, 2.45) is 0 Å². The Kier molecular flexibility index (Phi) is 6.13. The van der Waals surface area contributed by atoms with Gasteiger partial charge >= 0.3 is 12.1 Å². The van der Waals surface area contributed by atoms with Gasteiger partial charge < -0.3 is 14.2 Å². The summed E-state index contributed by atoms with van der Waals surface area (Å²) in [6.07, 6.45) is 0.160. The fraction of sp³-hybridized carbons (Fsp3) is 0.333. The molecule has 0 unspecified atom stereocenters. The van der Waals surface area contributed by atoms with E-state index in [0.29, 0.717) is 23.6 Å². The number of cyclic esters (lactones) is 1. The highest BCUT2D eigenvalue weighted by Crippen LogP contribution is 2.38. The van der Waals surface area contributed by atoms with Crippen LogP contribution in [0.1, 0.15) is 31.4 Å². The highest BCUT2D eigenvalue weighted by Gasteiger charge is 2.48. The average Bonchev–Trinajstić information content (AvgIpc) is 3.06. The molecule has 28 heavy (non-hydrogen) atoms. The zero-order valence-corrected chi connectivity index (χ0v) is 15.8. The first-order valence-electron chi connectivity index (χ1n) is 9.11. The van der Waals surface area contributed by atoms with Crippen molar-refractivity contribution in [2.45, 2.75) is 31.9 Å². The number of ether oxygens (including phenoxy) is 3. The summed E-state index contributed by atoms with van der Waals surface area (Å²) in [6.45, 7) is 2.70. The van der Waals surface area contributed by atoms with E-state index in [2.05, 4.69) is 6.92 Å². The van der Waals surface area contributed by atoms with Crippen LogP contribution in [0.4, 0.5) is 14.9 Å². The summed E-state index contributed by atoms with van der Waals surface area (Å²) in [5.74, 6) is -0.386. The van der Waals surface area contributed by atoms with Crippen LogP contribution in [-0.2, 0) is 14.3 Å². The first-order chi connectivity index (χ1) is 13.5. The topological polar surface area (TPSA) is 65.1 Å². The number of halogens is 1. The average molecular weight is 387 g/mol. The molecule has 1 amide bonds. The monoisotopic (exact) mass is 387 g/mol. The number of esters is 1. The molecule has 6 nitrogen and oxygen atoms in total. The predicted molar refractivity (Wildman–Crippen MR) is 101 cm³/mol.